The third kappa shape index (κ3) is 5.82. The number of aliphatic imine (C=N–C) groups is 1. The first-order valence-corrected chi connectivity index (χ1v) is 13.5. The average Bonchev–Trinajstić information content (AvgIpc) is 3.67. The van der Waals surface area contributed by atoms with Gasteiger partial charge in [0.1, 0.15) is 17.5 Å². The minimum Gasteiger partial charge on any atom is -0.496 e. The Hall–Kier alpha value is -4.14. The van der Waals surface area contributed by atoms with Crippen molar-refractivity contribution in [2.24, 2.45) is 16.8 Å². The number of hydrogen-bond donors (Lipinski definition) is 3. The zero-order chi connectivity index (χ0) is 27.4. The fraction of sp³-hybridized carbons (Fsp3) is 0.400. The maximum Gasteiger partial charge on any atom is 0.270 e. The number of methoxy groups -OCH3 is 1. The molecule has 0 bridgehead atoms. The number of hydrogen-bond acceptors (Lipinski definition) is 5. The minimum absolute atomic E-state index is 0.00754. The van der Waals surface area contributed by atoms with Crippen molar-refractivity contribution < 1.29 is 19.1 Å². The first-order chi connectivity index (χ1) is 19.0. The standard InChI is InChI=1S/C30H35N5O4/c1-31-17-22(15-21-11-12-32-28(21)36)33-29(37)26-14-20(13-19-7-4-3-5-8-19)18-35(26)30(38)25-16-23-24(34-25)9-6-10-27(23)39-2/h3-10,16,20-22,26,34H,1,11-15,17-18H2,2H3,(H,32,36)(H,33,37)/t20-,21+,22+,26+/m1/s1. The number of aromatic nitrogens is 1. The molecule has 3 aromatic rings. The van der Waals surface area contributed by atoms with Crippen molar-refractivity contribution in [3.05, 3.63) is 65.9 Å². The molecule has 2 fully saturated rings. The monoisotopic (exact) mass is 529 g/mol. The lowest BCUT2D eigenvalue weighted by atomic mass is 9.95. The van der Waals surface area contributed by atoms with Crippen molar-refractivity contribution in [2.75, 3.05) is 26.7 Å². The highest BCUT2D eigenvalue weighted by Gasteiger charge is 2.41. The predicted molar refractivity (Wildman–Crippen MR) is 150 cm³/mol. The molecule has 0 saturated carbocycles. The van der Waals surface area contributed by atoms with Gasteiger partial charge in [0.2, 0.25) is 11.8 Å². The fourth-order valence-corrected chi connectivity index (χ4v) is 5.91. The number of carbonyl (C=O) groups excluding carboxylic acids is 3. The summed E-state index contributed by atoms with van der Waals surface area (Å²) in [5, 5.41) is 6.76. The predicted octanol–water partition coefficient (Wildman–Crippen LogP) is 2.96. The van der Waals surface area contributed by atoms with Gasteiger partial charge in [0.15, 0.2) is 0 Å². The van der Waals surface area contributed by atoms with Crippen LogP contribution < -0.4 is 15.4 Å². The molecule has 2 aliphatic heterocycles. The van der Waals surface area contributed by atoms with E-state index in [1.807, 2.05) is 36.4 Å². The van der Waals surface area contributed by atoms with Gasteiger partial charge in [0.25, 0.3) is 5.91 Å². The summed E-state index contributed by atoms with van der Waals surface area (Å²) < 4.78 is 5.47. The third-order valence-electron chi connectivity index (χ3n) is 7.82. The van der Waals surface area contributed by atoms with E-state index < -0.39 is 6.04 Å². The maximum atomic E-state index is 13.9. The SMILES string of the molecule is C=NC[C@H](C[C@@H]1CCNC1=O)NC(=O)[C@@H]1C[C@@H](Cc2ccccc2)CN1C(=O)c1cc2c(OC)cccc2[nH]1. The Morgan fingerprint density at radius 2 is 2.03 bits per heavy atom. The van der Waals surface area contributed by atoms with Crippen LogP contribution in [0.2, 0.25) is 0 Å². The topological polar surface area (TPSA) is 116 Å². The molecule has 3 heterocycles. The highest BCUT2D eigenvalue weighted by molar-refractivity contribution is 6.01. The van der Waals surface area contributed by atoms with Crippen LogP contribution in [-0.2, 0) is 16.0 Å². The van der Waals surface area contributed by atoms with E-state index in [2.05, 4.69) is 39.5 Å². The Morgan fingerprint density at radius 1 is 1.21 bits per heavy atom. The summed E-state index contributed by atoms with van der Waals surface area (Å²) in [5.74, 6) is 0.203. The van der Waals surface area contributed by atoms with E-state index in [0.717, 1.165) is 23.7 Å². The molecule has 4 atom stereocenters. The Bertz CT molecular complexity index is 1350. The molecular weight excluding hydrogens is 494 g/mol. The van der Waals surface area contributed by atoms with Crippen molar-refractivity contribution in [2.45, 2.75) is 37.8 Å². The second-order valence-corrected chi connectivity index (χ2v) is 10.5. The highest BCUT2D eigenvalue weighted by Crippen LogP contribution is 2.31. The molecule has 204 valence electrons. The number of fused-ring (bicyclic) bond motifs is 1. The molecule has 2 aliphatic rings. The first-order valence-electron chi connectivity index (χ1n) is 13.5. The van der Waals surface area contributed by atoms with Crippen LogP contribution in [0.4, 0.5) is 0 Å². The van der Waals surface area contributed by atoms with Crippen molar-refractivity contribution in [1.82, 2.24) is 20.5 Å². The normalized spacial score (nSPS) is 21.5. The number of ether oxygens (including phenoxy) is 1. The second kappa shape index (κ2) is 11.7. The van der Waals surface area contributed by atoms with Crippen LogP contribution in [-0.4, -0.2) is 73.2 Å². The molecule has 3 amide bonds. The number of benzene rings is 2. The molecule has 9 heteroatoms. The van der Waals surface area contributed by atoms with Crippen LogP contribution in [0, 0.1) is 11.8 Å². The summed E-state index contributed by atoms with van der Waals surface area (Å²) in [7, 11) is 1.60. The lowest BCUT2D eigenvalue weighted by molar-refractivity contribution is -0.127. The van der Waals surface area contributed by atoms with Gasteiger partial charge in [-0.15, -0.1) is 0 Å². The number of carbonyl (C=O) groups is 3. The molecule has 0 radical (unpaired) electrons. The van der Waals surface area contributed by atoms with Crippen molar-refractivity contribution >= 4 is 35.3 Å². The summed E-state index contributed by atoms with van der Waals surface area (Å²) in [6, 6.07) is 16.6. The van der Waals surface area contributed by atoms with E-state index in [4.69, 9.17) is 4.74 Å². The lowest BCUT2D eigenvalue weighted by Gasteiger charge is -2.26. The fourth-order valence-electron chi connectivity index (χ4n) is 5.91. The van der Waals surface area contributed by atoms with Gasteiger partial charge in [-0.05, 0) is 62.1 Å². The molecule has 39 heavy (non-hydrogen) atoms. The van der Waals surface area contributed by atoms with E-state index in [1.165, 1.54) is 5.56 Å². The molecule has 0 spiro atoms. The van der Waals surface area contributed by atoms with Gasteiger partial charge in [-0.3, -0.25) is 19.4 Å². The zero-order valence-corrected chi connectivity index (χ0v) is 22.2. The number of likely N-dealkylation sites (tertiary alicyclic amines) is 1. The van der Waals surface area contributed by atoms with Gasteiger partial charge >= 0.3 is 0 Å². The molecule has 2 aromatic carbocycles. The van der Waals surface area contributed by atoms with Crippen LogP contribution in [0.3, 0.4) is 0 Å². The van der Waals surface area contributed by atoms with Gasteiger partial charge < -0.3 is 25.3 Å². The van der Waals surface area contributed by atoms with Crippen LogP contribution in [0.15, 0.2) is 59.6 Å². The van der Waals surface area contributed by atoms with Gasteiger partial charge in [0, 0.05) is 36.0 Å². The molecule has 0 unspecified atom stereocenters. The van der Waals surface area contributed by atoms with Crippen LogP contribution in [0.5, 0.6) is 5.75 Å². The van der Waals surface area contributed by atoms with Crippen LogP contribution >= 0.6 is 0 Å². The molecular formula is C30H35N5O4. The summed E-state index contributed by atoms with van der Waals surface area (Å²) in [4.78, 5) is 48.6. The zero-order valence-electron chi connectivity index (χ0n) is 22.2. The molecule has 2 saturated heterocycles. The Balaban J connectivity index is 1.38. The average molecular weight is 530 g/mol. The summed E-state index contributed by atoms with van der Waals surface area (Å²) in [5.41, 5.74) is 2.39. The van der Waals surface area contributed by atoms with Gasteiger partial charge in [0.05, 0.1) is 13.7 Å². The van der Waals surface area contributed by atoms with Crippen LogP contribution in [0.25, 0.3) is 10.9 Å². The van der Waals surface area contributed by atoms with Crippen LogP contribution in [0.1, 0.15) is 35.3 Å². The van der Waals surface area contributed by atoms with E-state index in [9.17, 15) is 14.4 Å². The molecule has 3 N–H and O–H groups in total. The minimum atomic E-state index is -0.635. The van der Waals surface area contributed by atoms with Crippen molar-refractivity contribution in [1.29, 1.82) is 0 Å². The number of aromatic amines is 1. The Morgan fingerprint density at radius 3 is 2.74 bits per heavy atom. The molecule has 1 aromatic heterocycles. The smallest absolute Gasteiger partial charge is 0.270 e. The number of rotatable bonds is 10. The van der Waals surface area contributed by atoms with Gasteiger partial charge in [-0.25, -0.2) is 0 Å². The lowest BCUT2D eigenvalue weighted by Crippen LogP contribution is -2.50. The Kier molecular flexibility index (Phi) is 7.95. The van der Waals surface area contributed by atoms with Crippen molar-refractivity contribution in [3.8, 4) is 5.75 Å². The maximum absolute atomic E-state index is 13.9. The molecule has 0 aliphatic carbocycles. The number of amides is 3. The number of H-pyrrole nitrogens is 1. The van der Waals surface area contributed by atoms with Gasteiger partial charge in [-0.2, -0.15) is 0 Å². The Labute approximate surface area is 228 Å². The van der Waals surface area contributed by atoms with E-state index in [1.54, 1.807) is 18.1 Å². The molecule has 5 rings (SSSR count). The van der Waals surface area contributed by atoms with Gasteiger partial charge in [-0.1, -0.05) is 36.4 Å². The largest absolute Gasteiger partial charge is 0.496 e. The summed E-state index contributed by atoms with van der Waals surface area (Å²) in [6.07, 6.45) is 2.55. The number of nitrogens with zero attached hydrogens (tertiary/aromatic N) is 2. The second-order valence-electron chi connectivity index (χ2n) is 10.5. The first kappa shape index (κ1) is 26.5. The van der Waals surface area contributed by atoms with E-state index in [-0.39, 0.29) is 35.6 Å². The van der Waals surface area contributed by atoms with E-state index in [0.29, 0.717) is 43.9 Å². The summed E-state index contributed by atoms with van der Waals surface area (Å²) >= 11 is 0. The highest BCUT2D eigenvalue weighted by atomic mass is 16.5. The van der Waals surface area contributed by atoms with E-state index >= 15 is 0 Å². The molecule has 9 nitrogen and oxygen atoms in total. The quantitative estimate of drug-likeness (QED) is 0.350. The van der Waals surface area contributed by atoms with Crippen molar-refractivity contribution in [3.63, 3.8) is 0 Å². The third-order valence-corrected chi connectivity index (χ3v) is 7.82. The summed E-state index contributed by atoms with van der Waals surface area (Å²) in [6.45, 7) is 5.02. The number of nitrogens with one attached hydrogen (secondary N) is 3.